The van der Waals surface area contributed by atoms with E-state index in [1.54, 1.807) is 0 Å². The van der Waals surface area contributed by atoms with E-state index in [9.17, 15) is 0 Å². The molecule has 1 atom stereocenters. The van der Waals surface area contributed by atoms with Gasteiger partial charge in [0, 0.05) is 26.3 Å². The van der Waals surface area contributed by atoms with Crippen molar-refractivity contribution < 1.29 is 9.47 Å². The van der Waals surface area contributed by atoms with Crippen LogP contribution >= 0.6 is 0 Å². The predicted octanol–water partition coefficient (Wildman–Crippen LogP) is 2.04. The van der Waals surface area contributed by atoms with Crippen molar-refractivity contribution >= 4 is 11.6 Å². The number of aromatic nitrogens is 2. The Kier molecular flexibility index (Phi) is 5.14. The van der Waals surface area contributed by atoms with Gasteiger partial charge < -0.3 is 20.1 Å². The van der Waals surface area contributed by atoms with Crippen LogP contribution in [0.3, 0.4) is 0 Å². The number of hydrogen-bond donors (Lipinski definition) is 2. The first kappa shape index (κ1) is 15.0. The van der Waals surface area contributed by atoms with Crippen LogP contribution in [0.15, 0.2) is 6.07 Å². The Balaban J connectivity index is 2.12. The molecule has 0 saturated carbocycles. The van der Waals surface area contributed by atoms with Gasteiger partial charge in [-0.1, -0.05) is 0 Å². The number of nitrogens with one attached hydrogen (secondary N) is 2. The molecule has 0 amide bonds. The average Bonchev–Trinajstić information content (AvgIpc) is 2.45. The summed E-state index contributed by atoms with van der Waals surface area (Å²) in [5.41, 5.74) is -0.0690. The molecule has 6 nitrogen and oxygen atoms in total. The molecule has 1 unspecified atom stereocenters. The van der Waals surface area contributed by atoms with Gasteiger partial charge in [-0.2, -0.15) is 0 Å². The fourth-order valence-corrected chi connectivity index (χ4v) is 2.29. The van der Waals surface area contributed by atoms with Crippen molar-refractivity contribution in [2.75, 3.05) is 37.5 Å². The lowest BCUT2D eigenvalue weighted by molar-refractivity contribution is 0.0538. The smallest absolute Gasteiger partial charge is 0.158 e. The molecule has 1 saturated heterocycles. The quantitative estimate of drug-likeness (QED) is 0.831. The van der Waals surface area contributed by atoms with Crippen molar-refractivity contribution in [3.63, 3.8) is 0 Å². The zero-order chi connectivity index (χ0) is 14.4. The number of hydrogen-bond acceptors (Lipinski definition) is 6. The van der Waals surface area contributed by atoms with E-state index in [0.717, 1.165) is 31.1 Å². The van der Waals surface area contributed by atoms with Crippen molar-refractivity contribution in [2.24, 2.45) is 0 Å². The Morgan fingerprint density at radius 2 is 2.20 bits per heavy atom. The second kappa shape index (κ2) is 6.85. The molecule has 112 valence electrons. The third kappa shape index (κ3) is 4.05. The summed E-state index contributed by atoms with van der Waals surface area (Å²) in [7, 11) is 1.85. The molecule has 1 aromatic rings. The summed E-state index contributed by atoms with van der Waals surface area (Å²) in [5.74, 6) is 2.28. The summed E-state index contributed by atoms with van der Waals surface area (Å²) in [5, 5.41) is 6.53. The van der Waals surface area contributed by atoms with E-state index < -0.39 is 0 Å². The van der Waals surface area contributed by atoms with Crippen LogP contribution in [0.5, 0.6) is 0 Å². The Morgan fingerprint density at radius 1 is 1.40 bits per heavy atom. The summed E-state index contributed by atoms with van der Waals surface area (Å²) in [6, 6.07) is 1.91. The monoisotopic (exact) mass is 280 g/mol. The summed E-state index contributed by atoms with van der Waals surface area (Å²) >= 11 is 0. The molecule has 20 heavy (non-hydrogen) atoms. The number of nitrogens with zero attached hydrogens (tertiary/aromatic N) is 2. The second-order valence-electron chi connectivity index (χ2n) is 5.28. The van der Waals surface area contributed by atoms with E-state index >= 15 is 0 Å². The van der Waals surface area contributed by atoms with Gasteiger partial charge in [-0.15, -0.1) is 0 Å². The standard InChI is InChI=1S/C14H24N4O2/c1-4-19-9-13-16-11(15-3)8-12(17-13)18-14(2)6-5-7-20-10-14/h8H,4-7,9-10H2,1-3H3,(H2,15,16,17,18). The van der Waals surface area contributed by atoms with Gasteiger partial charge >= 0.3 is 0 Å². The van der Waals surface area contributed by atoms with Gasteiger partial charge in [-0.3, -0.25) is 0 Å². The topological polar surface area (TPSA) is 68.3 Å². The maximum atomic E-state index is 5.56. The maximum absolute atomic E-state index is 5.56. The summed E-state index contributed by atoms with van der Waals surface area (Å²) in [4.78, 5) is 8.90. The van der Waals surface area contributed by atoms with E-state index in [0.29, 0.717) is 25.6 Å². The molecule has 1 fully saturated rings. The third-order valence-corrected chi connectivity index (χ3v) is 3.33. The summed E-state index contributed by atoms with van der Waals surface area (Å²) in [6.07, 6.45) is 2.14. The molecule has 1 aliphatic heterocycles. The van der Waals surface area contributed by atoms with Crippen molar-refractivity contribution in [2.45, 2.75) is 38.8 Å². The number of anilines is 2. The lowest BCUT2D eigenvalue weighted by Gasteiger charge is -2.34. The average molecular weight is 280 g/mol. The van der Waals surface area contributed by atoms with Crippen LogP contribution in [-0.4, -0.2) is 42.4 Å². The molecule has 0 aromatic carbocycles. The van der Waals surface area contributed by atoms with E-state index in [1.165, 1.54) is 0 Å². The van der Waals surface area contributed by atoms with Crippen LogP contribution in [-0.2, 0) is 16.1 Å². The van der Waals surface area contributed by atoms with Crippen molar-refractivity contribution in [3.05, 3.63) is 11.9 Å². The molecule has 2 N–H and O–H groups in total. The van der Waals surface area contributed by atoms with Crippen LogP contribution in [0.2, 0.25) is 0 Å². The van der Waals surface area contributed by atoms with E-state index in [1.807, 2.05) is 20.0 Å². The van der Waals surface area contributed by atoms with Gasteiger partial charge in [0.25, 0.3) is 0 Å². The molecular weight excluding hydrogens is 256 g/mol. The number of rotatable bonds is 6. The van der Waals surface area contributed by atoms with E-state index in [4.69, 9.17) is 9.47 Å². The molecule has 6 heteroatoms. The molecule has 0 aliphatic carbocycles. The van der Waals surface area contributed by atoms with Gasteiger partial charge in [-0.25, -0.2) is 9.97 Å². The first-order chi connectivity index (χ1) is 9.65. The van der Waals surface area contributed by atoms with Gasteiger partial charge in [0.05, 0.1) is 12.1 Å². The first-order valence-corrected chi connectivity index (χ1v) is 7.14. The molecular formula is C14H24N4O2. The number of ether oxygens (including phenoxy) is 2. The zero-order valence-electron chi connectivity index (χ0n) is 12.5. The largest absolute Gasteiger partial charge is 0.379 e. The predicted molar refractivity (Wildman–Crippen MR) is 79.0 cm³/mol. The van der Waals surface area contributed by atoms with Crippen molar-refractivity contribution in [3.8, 4) is 0 Å². The zero-order valence-corrected chi connectivity index (χ0v) is 12.5. The molecule has 0 bridgehead atoms. The van der Waals surface area contributed by atoms with Gasteiger partial charge in [0.15, 0.2) is 5.82 Å². The highest BCUT2D eigenvalue weighted by molar-refractivity contribution is 5.48. The first-order valence-electron chi connectivity index (χ1n) is 7.14. The maximum Gasteiger partial charge on any atom is 0.158 e. The van der Waals surface area contributed by atoms with Crippen LogP contribution in [0, 0.1) is 0 Å². The van der Waals surface area contributed by atoms with Crippen LogP contribution in [0.1, 0.15) is 32.5 Å². The SMILES string of the molecule is CCOCc1nc(NC)cc(NC2(C)CCCOC2)n1. The van der Waals surface area contributed by atoms with Crippen LogP contribution in [0.25, 0.3) is 0 Å². The lowest BCUT2D eigenvalue weighted by Crippen LogP contribution is -2.43. The van der Waals surface area contributed by atoms with Gasteiger partial charge in [0.2, 0.25) is 0 Å². The Bertz CT molecular complexity index is 433. The second-order valence-corrected chi connectivity index (χ2v) is 5.28. The summed E-state index contributed by atoms with van der Waals surface area (Å²) in [6.45, 7) is 6.75. The normalized spacial score (nSPS) is 22.6. The van der Waals surface area contributed by atoms with Crippen LogP contribution in [0.4, 0.5) is 11.6 Å². The fraction of sp³-hybridized carbons (Fsp3) is 0.714. The van der Waals surface area contributed by atoms with Crippen molar-refractivity contribution in [1.82, 2.24) is 9.97 Å². The van der Waals surface area contributed by atoms with Crippen LogP contribution < -0.4 is 10.6 Å². The minimum Gasteiger partial charge on any atom is -0.379 e. The minimum atomic E-state index is -0.0690. The van der Waals surface area contributed by atoms with Gasteiger partial charge in [0.1, 0.15) is 18.2 Å². The summed E-state index contributed by atoms with van der Waals surface area (Å²) < 4.78 is 10.9. The Morgan fingerprint density at radius 3 is 2.85 bits per heavy atom. The van der Waals surface area contributed by atoms with E-state index in [2.05, 4.69) is 27.5 Å². The highest BCUT2D eigenvalue weighted by Gasteiger charge is 2.28. The fourth-order valence-electron chi connectivity index (χ4n) is 2.29. The van der Waals surface area contributed by atoms with Crippen molar-refractivity contribution in [1.29, 1.82) is 0 Å². The van der Waals surface area contributed by atoms with Gasteiger partial charge in [-0.05, 0) is 26.7 Å². The molecule has 2 heterocycles. The molecule has 2 rings (SSSR count). The Labute approximate surface area is 120 Å². The Hall–Kier alpha value is -1.40. The third-order valence-electron chi connectivity index (χ3n) is 3.33. The molecule has 0 spiro atoms. The minimum absolute atomic E-state index is 0.0690. The molecule has 0 radical (unpaired) electrons. The molecule has 1 aromatic heterocycles. The lowest BCUT2D eigenvalue weighted by atomic mass is 9.95. The highest BCUT2D eigenvalue weighted by Crippen LogP contribution is 2.24. The van der Waals surface area contributed by atoms with E-state index in [-0.39, 0.29) is 5.54 Å². The highest BCUT2D eigenvalue weighted by atomic mass is 16.5. The molecule has 1 aliphatic rings.